The molecule has 0 heterocycles. The summed E-state index contributed by atoms with van der Waals surface area (Å²) in [5, 5.41) is 0. The lowest BCUT2D eigenvalue weighted by molar-refractivity contribution is -0.167. The summed E-state index contributed by atoms with van der Waals surface area (Å²) in [5.74, 6) is -0.886. The standard InChI is InChI=1S/C77H136O6/c1-4-7-10-13-16-19-22-25-28-31-33-34-35-36-37-38-39-40-41-42-43-44-45-47-49-52-55-58-61-64-67-70-76(79)82-73-74(72-81-75(78)69-66-63-60-57-54-51-48-30-27-24-21-18-15-12-9-6-3)83-77(80)71-68-65-62-59-56-53-50-46-32-29-26-23-20-17-14-11-8-5-2/h20-25,29-33,35-36,48,74H,4-19,26-28,34,37-47,49-73H2,1-3H3/b23-20-,24-21-,25-22-,32-29-,33-31-,36-35-,48-30-. The fraction of sp³-hybridized carbons (Fsp3) is 0.779. The second-order valence-corrected chi connectivity index (χ2v) is 24.1. The van der Waals surface area contributed by atoms with E-state index in [4.69, 9.17) is 14.2 Å². The Hall–Kier alpha value is -3.41. The summed E-state index contributed by atoms with van der Waals surface area (Å²) in [6.07, 6.45) is 94.7. The molecule has 1 atom stereocenters. The first kappa shape index (κ1) is 79.6. The molecule has 0 bridgehead atoms. The van der Waals surface area contributed by atoms with Gasteiger partial charge < -0.3 is 14.2 Å². The van der Waals surface area contributed by atoms with E-state index in [9.17, 15) is 14.4 Å². The van der Waals surface area contributed by atoms with Gasteiger partial charge in [-0.1, -0.05) is 311 Å². The zero-order valence-corrected chi connectivity index (χ0v) is 55.2. The highest BCUT2D eigenvalue weighted by Crippen LogP contribution is 2.17. The Bertz CT molecular complexity index is 1570. The molecule has 0 amide bonds. The summed E-state index contributed by atoms with van der Waals surface area (Å²) in [6.45, 7) is 6.62. The van der Waals surface area contributed by atoms with Crippen molar-refractivity contribution in [1.29, 1.82) is 0 Å². The number of carbonyl (C=O) groups is 3. The Morgan fingerprint density at radius 3 is 0.687 bits per heavy atom. The fourth-order valence-corrected chi connectivity index (χ4v) is 10.4. The van der Waals surface area contributed by atoms with Crippen molar-refractivity contribution in [2.24, 2.45) is 0 Å². The van der Waals surface area contributed by atoms with Gasteiger partial charge in [-0.05, 0) is 122 Å². The molecule has 0 saturated heterocycles. The maximum absolute atomic E-state index is 12.9. The lowest BCUT2D eigenvalue weighted by Gasteiger charge is -2.18. The van der Waals surface area contributed by atoms with Gasteiger partial charge >= 0.3 is 17.9 Å². The minimum absolute atomic E-state index is 0.0819. The largest absolute Gasteiger partial charge is 0.462 e. The lowest BCUT2D eigenvalue weighted by atomic mass is 10.0. The molecule has 0 fully saturated rings. The molecule has 0 radical (unpaired) electrons. The number of ether oxygens (including phenoxy) is 3. The van der Waals surface area contributed by atoms with Crippen LogP contribution in [0.1, 0.15) is 367 Å². The van der Waals surface area contributed by atoms with Crippen LogP contribution in [0.4, 0.5) is 0 Å². The van der Waals surface area contributed by atoms with E-state index in [2.05, 4.69) is 106 Å². The van der Waals surface area contributed by atoms with Crippen LogP contribution < -0.4 is 0 Å². The summed E-state index contributed by atoms with van der Waals surface area (Å²) < 4.78 is 17.0. The molecule has 83 heavy (non-hydrogen) atoms. The lowest BCUT2D eigenvalue weighted by Crippen LogP contribution is -2.30. The SMILES string of the molecule is CCCCCC/C=C\C/C=C\CCCCCCCCCC(=O)OC(COC(=O)CCCCCCC/C=C\C/C=C\CCCCCC)COC(=O)CCCCCCCCCCCCCCCCCC/C=C\C/C=C\C/C=C\CCCCCCC. The molecule has 0 saturated carbocycles. The van der Waals surface area contributed by atoms with Crippen molar-refractivity contribution in [3.63, 3.8) is 0 Å². The summed E-state index contributed by atoms with van der Waals surface area (Å²) in [4.78, 5) is 38.5. The molecular weight excluding hydrogens is 1020 g/mol. The quantitative estimate of drug-likeness (QED) is 0.0261. The Morgan fingerprint density at radius 1 is 0.241 bits per heavy atom. The van der Waals surface area contributed by atoms with Crippen molar-refractivity contribution in [3.8, 4) is 0 Å². The molecule has 0 aliphatic heterocycles. The summed E-state index contributed by atoms with van der Waals surface area (Å²) in [5.41, 5.74) is 0. The van der Waals surface area contributed by atoms with Crippen LogP contribution in [0, 0.1) is 0 Å². The maximum Gasteiger partial charge on any atom is 0.306 e. The molecule has 0 aliphatic carbocycles. The van der Waals surface area contributed by atoms with E-state index in [1.54, 1.807) is 0 Å². The van der Waals surface area contributed by atoms with Gasteiger partial charge in [0.05, 0.1) is 0 Å². The molecule has 1 unspecified atom stereocenters. The molecule has 0 spiro atoms. The van der Waals surface area contributed by atoms with Gasteiger partial charge in [-0.25, -0.2) is 0 Å². The van der Waals surface area contributed by atoms with Crippen LogP contribution in [0.25, 0.3) is 0 Å². The first-order chi connectivity index (χ1) is 41.0. The van der Waals surface area contributed by atoms with Gasteiger partial charge in [0, 0.05) is 19.3 Å². The van der Waals surface area contributed by atoms with Crippen LogP contribution in [0.3, 0.4) is 0 Å². The van der Waals surface area contributed by atoms with Gasteiger partial charge in [0.2, 0.25) is 0 Å². The highest BCUT2D eigenvalue weighted by atomic mass is 16.6. The first-order valence-corrected chi connectivity index (χ1v) is 36.1. The number of esters is 3. The van der Waals surface area contributed by atoms with E-state index in [1.165, 1.54) is 225 Å². The molecule has 6 nitrogen and oxygen atoms in total. The van der Waals surface area contributed by atoms with Crippen LogP contribution in [0.5, 0.6) is 0 Å². The molecule has 0 aliphatic rings. The van der Waals surface area contributed by atoms with E-state index in [-0.39, 0.29) is 31.1 Å². The first-order valence-electron chi connectivity index (χ1n) is 36.1. The number of rotatable bonds is 66. The maximum atomic E-state index is 12.9. The Kier molecular flexibility index (Phi) is 68.2. The van der Waals surface area contributed by atoms with Crippen LogP contribution in [0.2, 0.25) is 0 Å². The van der Waals surface area contributed by atoms with Gasteiger partial charge in [-0.2, -0.15) is 0 Å². The third-order valence-electron chi connectivity index (χ3n) is 15.8. The van der Waals surface area contributed by atoms with Crippen molar-refractivity contribution in [2.45, 2.75) is 374 Å². The minimum atomic E-state index is -0.788. The van der Waals surface area contributed by atoms with Crippen molar-refractivity contribution in [1.82, 2.24) is 0 Å². The Labute approximate surface area is 515 Å². The molecular formula is C77H136O6. The molecule has 0 aromatic rings. The zero-order valence-electron chi connectivity index (χ0n) is 55.2. The molecule has 6 heteroatoms. The van der Waals surface area contributed by atoms with Crippen LogP contribution in [0.15, 0.2) is 85.1 Å². The predicted octanol–water partition coefficient (Wildman–Crippen LogP) is 25.0. The number of hydrogen-bond acceptors (Lipinski definition) is 6. The topological polar surface area (TPSA) is 78.9 Å². The third-order valence-corrected chi connectivity index (χ3v) is 15.8. The summed E-state index contributed by atoms with van der Waals surface area (Å²) >= 11 is 0. The van der Waals surface area contributed by atoms with Crippen LogP contribution in [-0.2, 0) is 28.6 Å². The van der Waals surface area contributed by atoms with Crippen molar-refractivity contribution < 1.29 is 28.6 Å². The third kappa shape index (κ3) is 69.3. The minimum Gasteiger partial charge on any atom is -0.462 e. The van der Waals surface area contributed by atoms with Gasteiger partial charge in [-0.3, -0.25) is 14.4 Å². The smallest absolute Gasteiger partial charge is 0.306 e. The van der Waals surface area contributed by atoms with Gasteiger partial charge in [-0.15, -0.1) is 0 Å². The van der Waals surface area contributed by atoms with E-state index < -0.39 is 6.10 Å². The van der Waals surface area contributed by atoms with Gasteiger partial charge in [0.1, 0.15) is 13.2 Å². The van der Waals surface area contributed by atoms with Crippen molar-refractivity contribution in [3.05, 3.63) is 85.1 Å². The summed E-state index contributed by atoms with van der Waals surface area (Å²) in [6, 6.07) is 0. The Balaban J connectivity index is 4.26. The number of carbonyl (C=O) groups excluding carboxylic acids is 3. The van der Waals surface area contributed by atoms with Gasteiger partial charge in [0.15, 0.2) is 6.10 Å². The zero-order chi connectivity index (χ0) is 59.9. The monoisotopic (exact) mass is 1160 g/mol. The average Bonchev–Trinajstić information content (AvgIpc) is 3.50. The highest BCUT2D eigenvalue weighted by molar-refractivity contribution is 5.71. The molecule has 480 valence electrons. The second kappa shape index (κ2) is 71.1. The molecule has 0 aromatic carbocycles. The molecule has 0 aromatic heterocycles. The number of unbranched alkanes of at least 4 members (excludes halogenated alkanes) is 41. The summed E-state index contributed by atoms with van der Waals surface area (Å²) in [7, 11) is 0. The van der Waals surface area contributed by atoms with Crippen molar-refractivity contribution in [2.75, 3.05) is 13.2 Å². The van der Waals surface area contributed by atoms with Crippen molar-refractivity contribution >= 4 is 17.9 Å². The van der Waals surface area contributed by atoms with Crippen LogP contribution >= 0.6 is 0 Å². The Morgan fingerprint density at radius 2 is 0.434 bits per heavy atom. The van der Waals surface area contributed by atoms with E-state index >= 15 is 0 Å². The highest BCUT2D eigenvalue weighted by Gasteiger charge is 2.19. The van der Waals surface area contributed by atoms with E-state index in [1.807, 2.05) is 0 Å². The van der Waals surface area contributed by atoms with E-state index in [0.717, 1.165) is 103 Å². The molecule has 0 rings (SSSR count). The normalized spacial score (nSPS) is 12.6. The predicted molar refractivity (Wildman–Crippen MR) is 362 cm³/mol. The second-order valence-electron chi connectivity index (χ2n) is 24.1. The number of hydrogen-bond donors (Lipinski definition) is 0. The van der Waals surface area contributed by atoms with E-state index in [0.29, 0.717) is 19.3 Å². The molecule has 0 N–H and O–H groups in total. The average molecular weight is 1160 g/mol. The fourth-order valence-electron chi connectivity index (χ4n) is 10.4. The number of allylic oxidation sites excluding steroid dienone is 14. The van der Waals surface area contributed by atoms with Gasteiger partial charge in [0.25, 0.3) is 0 Å². The van der Waals surface area contributed by atoms with Crippen LogP contribution in [-0.4, -0.2) is 37.2 Å².